The first-order chi connectivity index (χ1) is 9.96. The summed E-state index contributed by atoms with van der Waals surface area (Å²) in [7, 11) is 0. The highest BCUT2D eigenvalue weighted by Gasteiger charge is 2.40. The lowest BCUT2D eigenvalue weighted by Crippen LogP contribution is -2.45. The highest BCUT2D eigenvalue weighted by atomic mass is 16.2. The van der Waals surface area contributed by atoms with Crippen LogP contribution in [0, 0.1) is 11.3 Å². The Hall–Kier alpha value is -1.06. The molecule has 21 heavy (non-hydrogen) atoms. The fourth-order valence-electron chi connectivity index (χ4n) is 3.85. The summed E-state index contributed by atoms with van der Waals surface area (Å²) in [5.74, 6) is 0.724. The molecule has 1 N–H and O–H groups in total. The van der Waals surface area contributed by atoms with Gasteiger partial charge in [0.1, 0.15) is 0 Å². The molecule has 4 nitrogen and oxygen atoms in total. The minimum Gasteiger partial charge on any atom is -0.354 e. The zero-order valence-electron chi connectivity index (χ0n) is 13.8. The van der Waals surface area contributed by atoms with Crippen LogP contribution in [-0.4, -0.2) is 35.8 Å². The number of carbonyl (C=O) groups is 2. The van der Waals surface area contributed by atoms with E-state index in [1.807, 2.05) is 25.7 Å². The predicted molar refractivity (Wildman–Crippen MR) is 83.8 cm³/mol. The van der Waals surface area contributed by atoms with Gasteiger partial charge in [0, 0.05) is 31.5 Å². The third-order valence-corrected chi connectivity index (χ3v) is 5.33. The minimum atomic E-state index is 0.202. The van der Waals surface area contributed by atoms with Crippen LogP contribution in [0.3, 0.4) is 0 Å². The molecule has 120 valence electrons. The van der Waals surface area contributed by atoms with Crippen LogP contribution in [0.4, 0.5) is 0 Å². The molecule has 2 aliphatic rings. The molecular weight excluding hydrogens is 264 g/mol. The molecule has 2 rings (SSSR count). The van der Waals surface area contributed by atoms with Gasteiger partial charge in [0.15, 0.2) is 0 Å². The standard InChI is InChI=1S/C17H30N2O2/c1-4-15(20)19-11-9-17(10-12-19)7-5-14(6-8-17)16(21)18-13(2)3/h13-14H,4-12H2,1-3H3,(H,18,21). The van der Waals surface area contributed by atoms with Gasteiger partial charge in [0.2, 0.25) is 11.8 Å². The summed E-state index contributed by atoms with van der Waals surface area (Å²) < 4.78 is 0. The van der Waals surface area contributed by atoms with E-state index < -0.39 is 0 Å². The molecule has 1 spiro atoms. The van der Waals surface area contributed by atoms with Crippen molar-refractivity contribution in [2.45, 2.75) is 71.8 Å². The number of nitrogens with one attached hydrogen (secondary N) is 1. The Balaban J connectivity index is 1.81. The normalized spacial score (nSPS) is 22.6. The molecule has 1 saturated carbocycles. The van der Waals surface area contributed by atoms with Gasteiger partial charge in [0.25, 0.3) is 0 Å². The van der Waals surface area contributed by atoms with Crippen molar-refractivity contribution in [3.63, 3.8) is 0 Å². The molecule has 0 aromatic carbocycles. The molecule has 1 saturated heterocycles. The molecule has 4 heteroatoms. The van der Waals surface area contributed by atoms with Gasteiger partial charge in [-0.05, 0) is 57.8 Å². The van der Waals surface area contributed by atoms with E-state index in [0.717, 1.165) is 51.6 Å². The summed E-state index contributed by atoms with van der Waals surface area (Å²) in [6.07, 6.45) is 7.19. The largest absolute Gasteiger partial charge is 0.354 e. The van der Waals surface area contributed by atoms with Crippen LogP contribution in [0.5, 0.6) is 0 Å². The SMILES string of the molecule is CCC(=O)N1CCC2(CCC(C(=O)NC(C)C)CC2)CC1. The molecule has 1 heterocycles. The number of rotatable bonds is 3. The summed E-state index contributed by atoms with van der Waals surface area (Å²) in [5.41, 5.74) is 0.402. The topological polar surface area (TPSA) is 49.4 Å². The van der Waals surface area contributed by atoms with Crippen LogP contribution in [-0.2, 0) is 9.59 Å². The van der Waals surface area contributed by atoms with E-state index in [9.17, 15) is 9.59 Å². The Kier molecular flexibility index (Phi) is 5.28. The number of hydrogen-bond donors (Lipinski definition) is 1. The van der Waals surface area contributed by atoms with E-state index >= 15 is 0 Å². The van der Waals surface area contributed by atoms with Crippen molar-refractivity contribution in [3.05, 3.63) is 0 Å². The number of hydrogen-bond acceptors (Lipinski definition) is 2. The molecule has 2 fully saturated rings. The fraction of sp³-hybridized carbons (Fsp3) is 0.882. The number of carbonyl (C=O) groups excluding carboxylic acids is 2. The zero-order valence-corrected chi connectivity index (χ0v) is 13.8. The first-order valence-electron chi connectivity index (χ1n) is 8.54. The predicted octanol–water partition coefficient (Wildman–Crippen LogP) is 2.72. The van der Waals surface area contributed by atoms with Crippen LogP contribution in [0.1, 0.15) is 65.7 Å². The molecule has 0 aromatic heterocycles. The Bertz CT molecular complexity index is 374. The highest BCUT2D eigenvalue weighted by molar-refractivity contribution is 5.79. The van der Waals surface area contributed by atoms with Crippen molar-refractivity contribution in [2.75, 3.05) is 13.1 Å². The summed E-state index contributed by atoms with van der Waals surface area (Å²) in [5, 5.41) is 3.04. The lowest BCUT2D eigenvalue weighted by atomic mass is 9.65. The van der Waals surface area contributed by atoms with E-state index in [1.165, 1.54) is 0 Å². The molecule has 1 aliphatic carbocycles. The van der Waals surface area contributed by atoms with Gasteiger partial charge in [-0.15, -0.1) is 0 Å². The highest BCUT2D eigenvalue weighted by Crippen LogP contribution is 2.46. The third-order valence-electron chi connectivity index (χ3n) is 5.33. The lowest BCUT2D eigenvalue weighted by Gasteiger charge is -2.45. The van der Waals surface area contributed by atoms with Crippen LogP contribution >= 0.6 is 0 Å². The molecule has 1 aliphatic heterocycles. The maximum absolute atomic E-state index is 12.1. The van der Waals surface area contributed by atoms with Crippen molar-refractivity contribution < 1.29 is 9.59 Å². The zero-order chi connectivity index (χ0) is 15.5. The van der Waals surface area contributed by atoms with Gasteiger partial charge in [-0.25, -0.2) is 0 Å². The van der Waals surface area contributed by atoms with E-state index in [4.69, 9.17) is 0 Å². The summed E-state index contributed by atoms with van der Waals surface area (Å²) in [6, 6.07) is 0.233. The number of nitrogens with zero attached hydrogens (tertiary/aromatic N) is 1. The Morgan fingerprint density at radius 1 is 1.14 bits per heavy atom. The first kappa shape index (κ1) is 16.3. The van der Waals surface area contributed by atoms with E-state index in [1.54, 1.807) is 0 Å². The summed E-state index contributed by atoms with van der Waals surface area (Å²) >= 11 is 0. The Morgan fingerprint density at radius 2 is 1.71 bits per heavy atom. The maximum atomic E-state index is 12.1. The second kappa shape index (κ2) is 6.80. The number of amides is 2. The van der Waals surface area contributed by atoms with Gasteiger partial charge >= 0.3 is 0 Å². The molecular formula is C17H30N2O2. The van der Waals surface area contributed by atoms with Crippen LogP contribution in [0.15, 0.2) is 0 Å². The number of likely N-dealkylation sites (tertiary alicyclic amines) is 1. The summed E-state index contributed by atoms with van der Waals surface area (Å²) in [6.45, 7) is 7.79. The van der Waals surface area contributed by atoms with E-state index in [0.29, 0.717) is 11.8 Å². The molecule has 2 amide bonds. The van der Waals surface area contributed by atoms with E-state index in [-0.39, 0.29) is 23.8 Å². The van der Waals surface area contributed by atoms with Crippen molar-refractivity contribution in [1.29, 1.82) is 0 Å². The van der Waals surface area contributed by atoms with Crippen molar-refractivity contribution in [3.8, 4) is 0 Å². The molecule has 0 bridgehead atoms. The average Bonchev–Trinajstić information content (AvgIpc) is 2.47. The van der Waals surface area contributed by atoms with Crippen LogP contribution in [0.25, 0.3) is 0 Å². The van der Waals surface area contributed by atoms with Crippen LogP contribution < -0.4 is 5.32 Å². The average molecular weight is 294 g/mol. The van der Waals surface area contributed by atoms with Gasteiger partial charge in [-0.3, -0.25) is 9.59 Å². The first-order valence-corrected chi connectivity index (χ1v) is 8.54. The smallest absolute Gasteiger partial charge is 0.223 e. The molecule has 0 radical (unpaired) electrons. The van der Waals surface area contributed by atoms with Crippen molar-refractivity contribution >= 4 is 11.8 Å². The van der Waals surface area contributed by atoms with Gasteiger partial charge in [-0.1, -0.05) is 6.92 Å². The molecule has 0 atom stereocenters. The van der Waals surface area contributed by atoms with Crippen molar-refractivity contribution in [1.82, 2.24) is 10.2 Å². The monoisotopic (exact) mass is 294 g/mol. The second-order valence-electron chi connectivity index (χ2n) is 7.17. The van der Waals surface area contributed by atoms with Gasteiger partial charge in [0.05, 0.1) is 0 Å². The van der Waals surface area contributed by atoms with Gasteiger partial charge < -0.3 is 10.2 Å². The quantitative estimate of drug-likeness (QED) is 0.870. The fourth-order valence-corrected chi connectivity index (χ4v) is 3.85. The third kappa shape index (κ3) is 3.98. The van der Waals surface area contributed by atoms with Crippen molar-refractivity contribution in [2.24, 2.45) is 11.3 Å². The minimum absolute atomic E-state index is 0.202. The molecule has 0 unspecified atom stereocenters. The maximum Gasteiger partial charge on any atom is 0.223 e. The Morgan fingerprint density at radius 3 is 2.19 bits per heavy atom. The number of piperidine rings is 1. The lowest BCUT2D eigenvalue weighted by molar-refractivity contribution is -0.134. The van der Waals surface area contributed by atoms with Gasteiger partial charge in [-0.2, -0.15) is 0 Å². The molecule has 0 aromatic rings. The summed E-state index contributed by atoms with van der Waals surface area (Å²) in [4.78, 5) is 25.9. The Labute approximate surface area is 128 Å². The van der Waals surface area contributed by atoms with Crippen LogP contribution in [0.2, 0.25) is 0 Å². The second-order valence-corrected chi connectivity index (χ2v) is 7.17. The van der Waals surface area contributed by atoms with E-state index in [2.05, 4.69) is 5.32 Å².